The van der Waals surface area contributed by atoms with Crippen LogP contribution in [0.2, 0.25) is 0 Å². The Morgan fingerprint density at radius 3 is 2.09 bits per heavy atom. The largest absolute Gasteiger partial charge is 0.479 e. The number of hydrogen-bond acceptors (Lipinski definition) is 4. The van der Waals surface area contributed by atoms with Gasteiger partial charge in [-0.2, -0.15) is 0 Å². The number of rotatable bonds is 8. The molecule has 0 N–H and O–H groups in total. The normalized spacial score (nSPS) is 17.9. The molecule has 1 aromatic rings. The molecular weight excluding hydrogens is 305 g/mol. The fraction of sp³-hybridized carbons (Fsp3) is 0.611. The van der Waals surface area contributed by atoms with Crippen molar-refractivity contribution < 1.29 is 4.74 Å². The van der Waals surface area contributed by atoms with E-state index in [1.807, 2.05) is 6.92 Å². The van der Waals surface area contributed by atoms with Gasteiger partial charge < -0.3 is 4.74 Å². The SMILES string of the molecule is CCN(CC)P(c1ccccc1[C@H]1COC(C)=N1)N(CC)CC. The lowest BCUT2D eigenvalue weighted by molar-refractivity contribution is 0.317. The van der Waals surface area contributed by atoms with Gasteiger partial charge in [0.15, 0.2) is 5.90 Å². The average molecular weight is 335 g/mol. The molecule has 5 heteroatoms. The summed E-state index contributed by atoms with van der Waals surface area (Å²) in [6.45, 7) is 15.9. The molecule has 0 spiro atoms. The van der Waals surface area contributed by atoms with Crippen molar-refractivity contribution in [1.29, 1.82) is 0 Å². The third kappa shape index (κ3) is 4.12. The first-order chi connectivity index (χ1) is 11.2. The molecule has 0 saturated carbocycles. The van der Waals surface area contributed by atoms with Crippen molar-refractivity contribution >= 4 is 19.4 Å². The van der Waals surface area contributed by atoms with Gasteiger partial charge in [-0.15, -0.1) is 0 Å². The highest BCUT2D eigenvalue weighted by molar-refractivity contribution is 7.61. The Hall–Kier alpha value is -0.960. The molecule has 128 valence electrons. The summed E-state index contributed by atoms with van der Waals surface area (Å²) in [7, 11) is -0.492. The molecule has 0 saturated heterocycles. The quantitative estimate of drug-likeness (QED) is 0.677. The first kappa shape index (κ1) is 18.4. The Morgan fingerprint density at radius 1 is 1.04 bits per heavy atom. The zero-order valence-corrected chi connectivity index (χ0v) is 16.0. The van der Waals surface area contributed by atoms with Crippen molar-refractivity contribution in [2.75, 3.05) is 32.8 Å². The Morgan fingerprint density at radius 2 is 1.61 bits per heavy atom. The summed E-state index contributed by atoms with van der Waals surface area (Å²) < 4.78 is 10.8. The first-order valence-corrected chi connectivity index (χ1v) is 9.96. The third-order valence-electron chi connectivity index (χ3n) is 4.29. The van der Waals surface area contributed by atoms with Crippen LogP contribution in [0.15, 0.2) is 29.3 Å². The van der Waals surface area contributed by atoms with Crippen molar-refractivity contribution in [3.63, 3.8) is 0 Å². The van der Waals surface area contributed by atoms with E-state index >= 15 is 0 Å². The summed E-state index contributed by atoms with van der Waals surface area (Å²) in [6.07, 6.45) is 0. The van der Waals surface area contributed by atoms with Crippen molar-refractivity contribution in [3.05, 3.63) is 29.8 Å². The molecule has 1 heterocycles. The smallest absolute Gasteiger partial charge is 0.180 e. The molecule has 0 unspecified atom stereocenters. The van der Waals surface area contributed by atoms with E-state index in [0.29, 0.717) is 6.61 Å². The summed E-state index contributed by atoms with van der Waals surface area (Å²) >= 11 is 0. The molecule has 0 fully saturated rings. The van der Waals surface area contributed by atoms with E-state index in [-0.39, 0.29) is 6.04 Å². The molecule has 23 heavy (non-hydrogen) atoms. The summed E-state index contributed by atoms with van der Waals surface area (Å²) in [5.41, 5.74) is 1.33. The maximum atomic E-state index is 5.61. The number of nitrogens with zero attached hydrogens (tertiary/aromatic N) is 3. The highest BCUT2D eigenvalue weighted by Gasteiger charge is 2.29. The molecule has 0 amide bonds. The highest BCUT2D eigenvalue weighted by atomic mass is 31.1. The fourth-order valence-corrected chi connectivity index (χ4v) is 5.78. The Kier molecular flexibility index (Phi) is 7.01. The second-order valence-electron chi connectivity index (χ2n) is 5.60. The Balaban J connectivity index is 2.46. The molecule has 1 aliphatic heterocycles. The molecule has 0 radical (unpaired) electrons. The summed E-state index contributed by atoms with van der Waals surface area (Å²) in [4.78, 5) is 4.69. The Labute approximate surface area is 142 Å². The van der Waals surface area contributed by atoms with E-state index in [4.69, 9.17) is 9.73 Å². The predicted octanol–water partition coefficient (Wildman–Crippen LogP) is 3.80. The molecule has 1 aliphatic rings. The number of hydrogen-bond donors (Lipinski definition) is 0. The maximum Gasteiger partial charge on any atom is 0.180 e. The van der Waals surface area contributed by atoms with Crippen LogP contribution in [-0.2, 0) is 4.74 Å². The highest BCUT2D eigenvalue weighted by Crippen LogP contribution is 2.45. The molecule has 2 rings (SSSR count). The number of ether oxygens (including phenoxy) is 1. The van der Waals surface area contributed by atoms with Crippen LogP contribution in [0.4, 0.5) is 0 Å². The molecule has 1 atom stereocenters. The van der Waals surface area contributed by atoms with Crippen LogP contribution >= 0.6 is 8.22 Å². The van der Waals surface area contributed by atoms with Gasteiger partial charge >= 0.3 is 0 Å². The minimum absolute atomic E-state index is 0.141. The van der Waals surface area contributed by atoms with Crippen LogP contribution < -0.4 is 5.30 Å². The lowest BCUT2D eigenvalue weighted by atomic mass is 10.1. The minimum atomic E-state index is -0.492. The maximum absolute atomic E-state index is 5.61. The first-order valence-electron chi connectivity index (χ1n) is 8.72. The lowest BCUT2D eigenvalue weighted by Crippen LogP contribution is -2.35. The molecule has 0 bridgehead atoms. The zero-order chi connectivity index (χ0) is 16.8. The topological polar surface area (TPSA) is 28.1 Å². The van der Waals surface area contributed by atoms with E-state index in [1.54, 1.807) is 0 Å². The molecule has 0 aliphatic carbocycles. The van der Waals surface area contributed by atoms with Gasteiger partial charge in [0, 0.05) is 38.4 Å². The van der Waals surface area contributed by atoms with Gasteiger partial charge in [0.2, 0.25) is 0 Å². The second kappa shape index (κ2) is 8.77. The van der Waals surface area contributed by atoms with Gasteiger partial charge in [0.1, 0.15) is 12.6 Å². The molecule has 4 nitrogen and oxygen atoms in total. The fourth-order valence-electron chi connectivity index (χ4n) is 3.07. The van der Waals surface area contributed by atoms with Gasteiger partial charge in [-0.3, -0.25) is 9.34 Å². The third-order valence-corrected chi connectivity index (χ3v) is 7.34. The van der Waals surface area contributed by atoms with Crippen LogP contribution in [-0.4, -0.2) is 48.0 Å². The van der Waals surface area contributed by atoms with Crippen LogP contribution in [0, 0.1) is 0 Å². The number of benzene rings is 1. The van der Waals surface area contributed by atoms with E-state index in [0.717, 1.165) is 32.1 Å². The van der Waals surface area contributed by atoms with Crippen molar-refractivity contribution in [1.82, 2.24) is 9.34 Å². The molecule has 1 aromatic carbocycles. The molecular formula is C18H30N3OP. The summed E-state index contributed by atoms with van der Waals surface area (Å²) in [5, 5.41) is 1.43. The van der Waals surface area contributed by atoms with Crippen LogP contribution in [0.25, 0.3) is 0 Å². The van der Waals surface area contributed by atoms with Gasteiger partial charge in [0.25, 0.3) is 0 Å². The predicted molar refractivity (Wildman–Crippen MR) is 101 cm³/mol. The van der Waals surface area contributed by atoms with Crippen LogP contribution in [0.1, 0.15) is 46.2 Å². The van der Waals surface area contributed by atoms with Crippen molar-refractivity contribution in [2.45, 2.75) is 40.7 Å². The van der Waals surface area contributed by atoms with Crippen LogP contribution in [0.5, 0.6) is 0 Å². The average Bonchev–Trinajstić information content (AvgIpc) is 3.01. The summed E-state index contributed by atoms with van der Waals surface area (Å²) in [6, 6.07) is 8.95. The zero-order valence-electron chi connectivity index (χ0n) is 15.1. The Bertz CT molecular complexity index is 515. The van der Waals surface area contributed by atoms with Crippen molar-refractivity contribution in [2.24, 2.45) is 4.99 Å². The van der Waals surface area contributed by atoms with E-state index in [2.05, 4.69) is 61.3 Å². The van der Waals surface area contributed by atoms with E-state index in [9.17, 15) is 0 Å². The van der Waals surface area contributed by atoms with Crippen molar-refractivity contribution in [3.8, 4) is 0 Å². The second-order valence-corrected chi connectivity index (χ2v) is 7.79. The van der Waals surface area contributed by atoms with Gasteiger partial charge in [-0.25, -0.2) is 4.99 Å². The summed E-state index contributed by atoms with van der Waals surface area (Å²) in [5.74, 6) is 0.805. The van der Waals surface area contributed by atoms with Gasteiger partial charge in [-0.1, -0.05) is 52.0 Å². The minimum Gasteiger partial charge on any atom is -0.479 e. The van der Waals surface area contributed by atoms with Gasteiger partial charge in [0.05, 0.1) is 8.22 Å². The lowest BCUT2D eigenvalue weighted by Gasteiger charge is -2.39. The van der Waals surface area contributed by atoms with E-state index in [1.165, 1.54) is 10.9 Å². The van der Waals surface area contributed by atoms with Gasteiger partial charge in [-0.05, 0) is 5.56 Å². The number of aliphatic imine (C=N–C) groups is 1. The standard InChI is InChI=1S/C18H30N3OP/c1-6-20(7-2)23(21(8-3)9-4)18-13-11-10-12-16(18)17-14-22-15(5)19-17/h10-13,17H,6-9,14H2,1-5H3/t17-/m1/s1. The van der Waals surface area contributed by atoms with Crippen LogP contribution in [0.3, 0.4) is 0 Å². The van der Waals surface area contributed by atoms with E-state index < -0.39 is 8.22 Å². The monoisotopic (exact) mass is 335 g/mol. The molecule has 0 aromatic heterocycles.